The molecule has 2 heterocycles. The summed E-state index contributed by atoms with van der Waals surface area (Å²) < 4.78 is 1.60. The zero-order valence-electron chi connectivity index (χ0n) is 13.2. The fourth-order valence-corrected chi connectivity index (χ4v) is 2.88. The number of benzene rings is 1. The van der Waals surface area contributed by atoms with Gasteiger partial charge < -0.3 is 5.11 Å². The van der Waals surface area contributed by atoms with Crippen molar-refractivity contribution in [2.75, 3.05) is 6.61 Å². The van der Waals surface area contributed by atoms with Crippen molar-refractivity contribution in [2.45, 2.75) is 26.2 Å². The molecule has 118 valence electrons. The summed E-state index contributed by atoms with van der Waals surface area (Å²) in [6.07, 6.45) is 3.83. The fourth-order valence-electron chi connectivity index (χ4n) is 2.88. The summed E-state index contributed by atoms with van der Waals surface area (Å²) in [7, 11) is 0. The second kappa shape index (κ2) is 6.75. The van der Waals surface area contributed by atoms with Gasteiger partial charge in [0.2, 0.25) is 0 Å². The van der Waals surface area contributed by atoms with Crippen molar-refractivity contribution < 1.29 is 5.11 Å². The largest absolute Gasteiger partial charge is 0.396 e. The average molecular weight is 308 g/mol. The normalized spacial score (nSPS) is 11.0. The number of aromatic nitrogens is 2. The van der Waals surface area contributed by atoms with Crippen LogP contribution in [0.25, 0.3) is 5.65 Å². The Labute approximate surface area is 135 Å². The standard InChI is InChI=1S/C19H20N2O2/c1-14-17(11-13-22)19(23)21-12-5-8-16(18(21)20-14)10-9-15-6-3-2-4-7-15/h2-8,12,22H,9-11,13H2,1H3. The SMILES string of the molecule is Cc1nc2c(CCc3ccccc3)cccn2c(=O)c1CCO. The number of aliphatic hydroxyl groups excluding tert-OH is 1. The van der Waals surface area contributed by atoms with Gasteiger partial charge in [0.05, 0.1) is 0 Å². The lowest BCUT2D eigenvalue weighted by Crippen LogP contribution is -2.23. The molecule has 0 fully saturated rings. The van der Waals surface area contributed by atoms with Crippen LogP contribution >= 0.6 is 0 Å². The third-order valence-electron chi connectivity index (χ3n) is 4.12. The van der Waals surface area contributed by atoms with Crippen LogP contribution in [0.1, 0.15) is 22.4 Å². The van der Waals surface area contributed by atoms with Gasteiger partial charge in [-0.05, 0) is 37.0 Å². The molecule has 0 atom stereocenters. The molecule has 0 saturated carbocycles. The Morgan fingerprint density at radius 3 is 2.57 bits per heavy atom. The first-order valence-corrected chi connectivity index (χ1v) is 7.85. The van der Waals surface area contributed by atoms with Gasteiger partial charge >= 0.3 is 0 Å². The van der Waals surface area contributed by atoms with Crippen molar-refractivity contribution in [3.8, 4) is 0 Å². The lowest BCUT2D eigenvalue weighted by Gasteiger charge is -2.10. The van der Waals surface area contributed by atoms with Gasteiger partial charge in [0.1, 0.15) is 5.65 Å². The van der Waals surface area contributed by atoms with Crippen molar-refractivity contribution in [2.24, 2.45) is 0 Å². The van der Waals surface area contributed by atoms with Crippen molar-refractivity contribution >= 4 is 5.65 Å². The quantitative estimate of drug-likeness (QED) is 0.787. The second-order valence-electron chi connectivity index (χ2n) is 5.67. The van der Waals surface area contributed by atoms with E-state index >= 15 is 0 Å². The molecule has 0 aliphatic carbocycles. The van der Waals surface area contributed by atoms with Crippen molar-refractivity contribution in [3.63, 3.8) is 0 Å². The van der Waals surface area contributed by atoms with Crippen LogP contribution in [0.15, 0.2) is 53.5 Å². The predicted octanol–water partition coefficient (Wildman–Crippen LogP) is 2.32. The van der Waals surface area contributed by atoms with Gasteiger partial charge in [-0.3, -0.25) is 9.20 Å². The Balaban J connectivity index is 2.00. The van der Waals surface area contributed by atoms with E-state index in [4.69, 9.17) is 5.11 Å². The van der Waals surface area contributed by atoms with Gasteiger partial charge in [-0.2, -0.15) is 0 Å². The minimum Gasteiger partial charge on any atom is -0.396 e. The van der Waals surface area contributed by atoms with Gasteiger partial charge in [0.25, 0.3) is 5.56 Å². The molecule has 2 aromatic heterocycles. The van der Waals surface area contributed by atoms with Crippen LogP contribution in [0.2, 0.25) is 0 Å². The maximum absolute atomic E-state index is 12.6. The molecule has 0 radical (unpaired) electrons. The summed E-state index contributed by atoms with van der Waals surface area (Å²) in [5.41, 5.74) is 4.26. The molecule has 23 heavy (non-hydrogen) atoms. The smallest absolute Gasteiger partial charge is 0.261 e. The Bertz CT molecular complexity index is 870. The summed E-state index contributed by atoms with van der Waals surface area (Å²) >= 11 is 0. The predicted molar refractivity (Wildman–Crippen MR) is 90.8 cm³/mol. The average Bonchev–Trinajstić information content (AvgIpc) is 2.58. The number of pyridine rings is 1. The number of hydrogen-bond acceptors (Lipinski definition) is 3. The van der Waals surface area contributed by atoms with Crippen LogP contribution in [0.4, 0.5) is 0 Å². The summed E-state index contributed by atoms with van der Waals surface area (Å²) in [6.45, 7) is 1.79. The van der Waals surface area contributed by atoms with Crippen LogP contribution < -0.4 is 5.56 Å². The third kappa shape index (κ3) is 3.17. The molecule has 0 bridgehead atoms. The van der Waals surface area contributed by atoms with Crippen LogP contribution in [0.5, 0.6) is 0 Å². The fraction of sp³-hybridized carbons (Fsp3) is 0.263. The highest BCUT2D eigenvalue weighted by Gasteiger charge is 2.11. The number of rotatable bonds is 5. The molecule has 0 spiro atoms. The molecular weight excluding hydrogens is 288 g/mol. The maximum atomic E-state index is 12.6. The van der Waals surface area contributed by atoms with E-state index in [1.807, 2.05) is 37.3 Å². The number of aryl methyl sites for hydroxylation is 3. The maximum Gasteiger partial charge on any atom is 0.261 e. The molecule has 0 aliphatic rings. The molecule has 1 aromatic carbocycles. The van der Waals surface area contributed by atoms with Gasteiger partial charge in [-0.25, -0.2) is 4.98 Å². The van der Waals surface area contributed by atoms with E-state index in [0.29, 0.717) is 23.3 Å². The third-order valence-corrected chi connectivity index (χ3v) is 4.12. The molecule has 1 N–H and O–H groups in total. The number of hydrogen-bond donors (Lipinski definition) is 1. The number of aliphatic hydroxyl groups is 1. The van der Waals surface area contributed by atoms with E-state index in [-0.39, 0.29) is 12.2 Å². The van der Waals surface area contributed by atoms with Gasteiger partial charge in [-0.15, -0.1) is 0 Å². The summed E-state index contributed by atoms with van der Waals surface area (Å²) in [5, 5.41) is 9.13. The summed E-state index contributed by atoms with van der Waals surface area (Å²) in [5.74, 6) is 0. The second-order valence-corrected chi connectivity index (χ2v) is 5.67. The Kier molecular flexibility index (Phi) is 4.53. The van der Waals surface area contributed by atoms with Crippen molar-refractivity contribution in [1.82, 2.24) is 9.38 Å². The minimum atomic E-state index is -0.0805. The molecule has 3 rings (SSSR count). The van der Waals surface area contributed by atoms with Gasteiger partial charge in [-0.1, -0.05) is 36.4 Å². The van der Waals surface area contributed by atoms with E-state index in [2.05, 4.69) is 17.1 Å². The first-order chi connectivity index (χ1) is 11.2. The molecule has 0 saturated heterocycles. The molecule has 4 nitrogen and oxygen atoms in total. The topological polar surface area (TPSA) is 54.6 Å². The summed E-state index contributed by atoms with van der Waals surface area (Å²) in [4.78, 5) is 17.2. The van der Waals surface area contributed by atoms with E-state index in [1.54, 1.807) is 10.6 Å². The molecule has 3 aromatic rings. The highest BCUT2D eigenvalue weighted by molar-refractivity contribution is 5.49. The Hall–Kier alpha value is -2.46. The van der Waals surface area contributed by atoms with Crippen LogP contribution in [0, 0.1) is 6.92 Å². The van der Waals surface area contributed by atoms with Crippen molar-refractivity contribution in [3.05, 3.63) is 81.4 Å². The molecule has 4 heteroatoms. The molecule has 0 unspecified atom stereocenters. The summed E-state index contributed by atoms with van der Waals surface area (Å²) in [6, 6.07) is 14.2. The number of fused-ring (bicyclic) bond motifs is 1. The van der Waals surface area contributed by atoms with Crippen LogP contribution in [-0.4, -0.2) is 21.1 Å². The Morgan fingerprint density at radius 2 is 1.83 bits per heavy atom. The van der Waals surface area contributed by atoms with Crippen molar-refractivity contribution in [1.29, 1.82) is 0 Å². The number of nitrogens with zero attached hydrogens (tertiary/aromatic N) is 2. The highest BCUT2D eigenvalue weighted by Crippen LogP contribution is 2.13. The molecular formula is C19H20N2O2. The van der Waals surface area contributed by atoms with Gasteiger partial charge in [0.15, 0.2) is 0 Å². The zero-order chi connectivity index (χ0) is 16.2. The van der Waals surface area contributed by atoms with Gasteiger partial charge in [0, 0.05) is 30.5 Å². The first kappa shape index (κ1) is 15.4. The van der Waals surface area contributed by atoms with E-state index in [0.717, 1.165) is 18.4 Å². The van der Waals surface area contributed by atoms with E-state index < -0.39 is 0 Å². The molecule has 0 aliphatic heterocycles. The van der Waals surface area contributed by atoms with Crippen LogP contribution in [0.3, 0.4) is 0 Å². The van der Waals surface area contributed by atoms with Crippen LogP contribution in [-0.2, 0) is 19.3 Å². The van der Waals surface area contributed by atoms with E-state index in [9.17, 15) is 4.79 Å². The zero-order valence-corrected chi connectivity index (χ0v) is 13.2. The monoisotopic (exact) mass is 308 g/mol. The lowest BCUT2D eigenvalue weighted by molar-refractivity contribution is 0.298. The molecule has 0 amide bonds. The highest BCUT2D eigenvalue weighted by atomic mass is 16.3. The first-order valence-electron chi connectivity index (χ1n) is 7.85. The van der Waals surface area contributed by atoms with E-state index in [1.165, 1.54) is 5.56 Å². The minimum absolute atomic E-state index is 0.0441. The Morgan fingerprint density at radius 1 is 1.04 bits per heavy atom. The lowest BCUT2D eigenvalue weighted by atomic mass is 10.0.